The number of methoxy groups -OCH3 is 4. The summed E-state index contributed by atoms with van der Waals surface area (Å²) in [5, 5.41) is 24.2. The zero-order valence-corrected chi connectivity index (χ0v) is 29.7. The molecule has 24 heteroatoms. The van der Waals surface area contributed by atoms with Gasteiger partial charge in [0.05, 0.1) is 40.6 Å². The molecule has 0 aromatic rings. The van der Waals surface area contributed by atoms with Crippen LogP contribution in [0.15, 0.2) is 0 Å². The van der Waals surface area contributed by atoms with Crippen LogP contribution < -0.4 is 21.3 Å². The third kappa shape index (κ3) is 21.8. The van der Waals surface area contributed by atoms with E-state index in [1.165, 1.54) is 42.3 Å². The fourth-order valence-corrected chi connectivity index (χ4v) is 2.66. The number of rotatable bonds is 4. The molecule has 4 fully saturated rings. The smallest absolute Gasteiger partial charge is 0.467 e. The Kier molecular flexibility index (Phi) is 30.8. The molecule has 4 heterocycles. The Bertz CT molecular complexity index is 998. The van der Waals surface area contributed by atoms with E-state index in [1.54, 1.807) is 12.1 Å². The minimum Gasteiger partial charge on any atom is -0.467 e. The van der Waals surface area contributed by atoms with Gasteiger partial charge < -0.3 is 57.1 Å². The van der Waals surface area contributed by atoms with E-state index in [0.717, 1.165) is 0 Å². The Balaban J connectivity index is -0.000000251. The van der Waals surface area contributed by atoms with E-state index in [2.05, 4.69) is 59.2 Å². The second-order valence-corrected chi connectivity index (χ2v) is 7.79. The summed E-state index contributed by atoms with van der Waals surface area (Å²) in [6, 6.07) is 1.24. The number of carbonyl (C=O) groups excluding carboxylic acids is 8. The van der Waals surface area contributed by atoms with Crippen molar-refractivity contribution in [2.45, 2.75) is 38.0 Å². The van der Waals surface area contributed by atoms with Gasteiger partial charge in [-0.2, -0.15) is 10.5 Å². The molecular weight excluding hydrogens is 834 g/mol. The van der Waals surface area contributed by atoms with Gasteiger partial charge >= 0.3 is 87.2 Å². The zero-order chi connectivity index (χ0) is 35.7. The zero-order valence-electron chi connectivity index (χ0n) is 26.4. The van der Waals surface area contributed by atoms with Crippen LogP contribution in [0.1, 0.15) is 13.8 Å². The summed E-state index contributed by atoms with van der Waals surface area (Å²) in [6.07, 6.45) is -1.29. The van der Waals surface area contributed by atoms with Crippen LogP contribution in [-0.2, 0) is 96.0 Å². The molecule has 4 atom stereocenters. The van der Waals surface area contributed by atoms with Crippen LogP contribution in [0.25, 0.3) is 0 Å². The first-order chi connectivity index (χ1) is 21.8. The molecule has 4 amide bonds. The fourth-order valence-electron chi connectivity index (χ4n) is 2.66. The number of nitrogens with one attached hydrogen (secondary N) is 4. The number of amides is 4. The van der Waals surface area contributed by atoms with Gasteiger partial charge in [0, 0.05) is 13.8 Å². The molecule has 0 aliphatic carbocycles. The molecule has 0 aromatic carbocycles. The van der Waals surface area contributed by atoms with E-state index in [-0.39, 0.29) is 89.8 Å². The Labute approximate surface area is 299 Å². The summed E-state index contributed by atoms with van der Waals surface area (Å²) in [6.45, 7) is 3.36. The monoisotopic (exact) mass is 872 g/mol. The van der Waals surface area contributed by atoms with E-state index in [9.17, 15) is 19.2 Å². The molecule has 2 radical (unpaired) electrons. The normalized spacial score (nSPS) is 19.8. The molecule has 0 bridgehead atoms. The summed E-state index contributed by atoms with van der Waals surface area (Å²) >= 11 is 0. The van der Waals surface area contributed by atoms with Crippen molar-refractivity contribution < 1.29 is 115 Å². The van der Waals surface area contributed by atoms with E-state index >= 15 is 0 Å². The van der Waals surface area contributed by atoms with Gasteiger partial charge in [0.15, 0.2) is 24.2 Å². The van der Waals surface area contributed by atoms with Gasteiger partial charge in [-0.25, -0.2) is 19.2 Å². The number of hydrogen-bond donors (Lipinski definition) is 4. The molecule has 22 nitrogen and oxygen atoms in total. The second kappa shape index (κ2) is 29.6. The number of esters is 4. The first-order valence-electron chi connectivity index (χ1n) is 12.5. The van der Waals surface area contributed by atoms with Crippen molar-refractivity contribution in [2.24, 2.45) is 0 Å². The Morgan fingerprint density at radius 2 is 0.688 bits per heavy atom. The van der Waals surface area contributed by atoms with E-state index < -0.39 is 48.0 Å². The Morgan fingerprint density at radius 1 is 0.542 bits per heavy atom. The van der Waals surface area contributed by atoms with Crippen LogP contribution in [0.3, 0.4) is 0 Å². The van der Waals surface area contributed by atoms with E-state index in [1.807, 2.05) is 0 Å². The summed E-state index contributed by atoms with van der Waals surface area (Å²) in [7, 11) is 5.11. The number of nitriles is 2. The van der Waals surface area contributed by atoms with Crippen LogP contribution in [0, 0.1) is 22.7 Å². The third-order valence-electron chi connectivity index (χ3n) is 4.68. The maximum absolute atomic E-state index is 10.7. The van der Waals surface area contributed by atoms with Crippen LogP contribution in [0.2, 0.25) is 0 Å². The standard InChI is InChI=1S/4C5H7NO4.2C2H3N.2Rh/c4*1-9-4(7)3-2-10-5(8)6-3;2*1-2-3;;/h4*3H,2H2,1H3,(H,6,8);2*1H3;;/q;;;;;;2*+2/p+4. The van der Waals surface area contributed by atoms with Gasteiger partial charge in [0.25, 0.3) is 0 Å². The second-order valence-electron chi connectivity index (χ2n) is 7.79. The maximum atomic E-state index is 10.7. The number of nitrogens with zero attached hydrogens (tertiary/aromatic N) is 2. The first kappa shape index (κ1) is 50.1. The Morgan fingerprint density at radius 3 is 0.771 bits per heavy atom. The van der Waals surface area contributed by atoms with E-state index in [0.29, 0.717) is 0 Å². The van der Waals surface area contributed by atoms with Crippen LogP contribution >= 0.6 is 0 Å². The summed E-state index contributed by atoms with van der Waals surface area (Å²) < 4.78 is 35.7. The molecule has 8 N–H and O–H groups in total. The van der Waals surface area contributed by atoms with Crippen molar-refractivity contribution in [1.29, 1.82) is 10.5 Å². The molecule has 4 rings (SSSR count). The molecule has 4 aliphatic heterocycles. The van der Waals surface area contributed by atoms with Gasteiger partial charge in [-0.1, -0.05) is 0 Å². The van der Waals surface area contributed by atoms with Gasteiger partial charge in [0.1, 0.15) is 0 Å². The molecule has 0 saturated carbocycles. The summed E-state index contributed by atoms with van der Waals surface area (Å²) in [5.74, 6) is -1.76. The number of cyclic esters (lactones) is 4. The van der Waals surface area contributed by atoms with Gasteiger partial charge in [-0.3, -0.25) is 21.3 Å². The van der Waals surface area contributed by atoms with Crippen molar-refractivity contribution in [1.82, 2.24) is 21.3 Å². The van der Waals surface area contributed by atoms with Gasteiger partial charge in [0.2, 0.25) is 26.4 Å². The summed E-state index contributed by atoms with van der Waals surface area (Å²) in [4.78, 5) is 77.2. The van der Waals surface area contributed by atoms with Crippen molar-refractivity contribution >= 4 is 48.3 Å². The number of carbonyl (C=O) groups is 4. The largest absolute Gasteiger partial charge is 2.00 e. The van der Waals surface area contributed by atoms with Crippen molar-refractivity contribution in [3.63, 3.8) is 0 Å². The van der Waals surface area contributed by atoms with E-state index in [4.69, 9.17) is 29.7 Å². The average Bonchev–Trinajstić information content (AvgIpc) is 3.86. The summed E-state index contributed by atoms with van der Waals surface area (Å²) in [5.41, 5.74) is 0. The van der Waals surface area contributed by atoms with Gasteiger partial charge in [-0.05, 0) is 0 Å². The molecular formula is C24H38N6O16Rh2+8. The minimum atomic E-state index is -0.565. The predicted molar refractivity (Wildman–Crippen MR) is 150 cm³/mol. The molecule has 270 valence electrons. The number of hydrogen-bond acceptors (Lipinski definition) is 14. The molecule has 48 heavy (non-hydrogen) atoms. The average molecular weight is 872 g/mol. The molecule has 4 unspecified atom stereocenters. The molecule has 0 aromatic heterocycles. The van der Waals surface area contributed by atoms with Gasteiger partial charge in [-0.15, -0.1) is 0 Å². The number of ether oxygens (including phenoxy) is 8. The quantitative estimate of drug-likeness (QED) is 0.0896. The van der Waals surface area contributed by atoms with Crippen molar-refractivity contribution in [2.75, 3.05) is 54.9 Å². The Hall–Kier alpha value is -4.81. The predicted octanol–water partition coefficient (Wildman–Crippen LogP) is -4.51. The van der Waals surface area contributed by atoms with Crippen LogP contribution in [0.5, 0.6) is 0 Å². The molecule has 4 saturated heterocycles. The fraction of sp³-hybridized carbons (Fsp3) is 0.583. The van der Waals surface area contributed by atoms with Crippen molar-refractivity contribution in [3.8, 4) is 12.1 Å². The first-order valence-corrected chi connectivity index (χ1v) is 12.5. The number of alkyl carbamates (subject to hydrolysis) is 4. The molecule has 4 aliphatic rings. The topological polar surface area (TPSA) is 323 Å². The van der Waals surface area contributed by atoms with Crippen molar-refractivity contribution in [3.05, 3.63) is 0 Å². The third-order valence-corrected chi connectivity index (χ3v) is 4.68. The maximum Gasteiger partial charge on any atom is 2.00 e. The van der Waals surface area contributed by atoms with Crippen LogP contribution in [0.4, 0.5) is 0 Å². The minimum absolute atomic E-state index is 0. The van der Waals surface area contributed by atoms with Crippen LogP contribution in [-0.4, -0.2) is 146 Å². The SMILES string of the molecule is CC#N.CC#N.COC(=O)C1COC(=[OH+])N1.COC(=O)C1COC(=[OH+])N1.COC(=O)C1COC(=[OH+])N1.COC(=O)C1COC(=[OH+])N1.[Rh+2].[Rh+2]. The molecule has 0 spiro atoms.